The van der Waals surface area contributed by atoms with E-state index in [4.69, 9.17) is 4.42 Å². The summed E-state index contributed by atoms with van der Waals surface area (Å²) < 4.78 is 10.9. The van der Waals surface area contributed by atoms with Gasteiger partial charge in [-0.15, -0.1) is 0 Å². The molecule has 0 unspecified atom stereocenters. The number of rotatable bonds is 1. The van der Waals surface area contributed by atoms with Gasteiger partial charge in [-0.3, -0.25) is 0 Å². The molecule has 0 saturated heterocycles. The molecule has 3 nitrogen and oxygen atoms in total. The molecule has 1 heterocycles. The zero-order chi connectivity index (χ0) is 11.0. The molecule has 0 N–H and O–H groups in total. The SMILES string of the molecule is COC(=O)c1cc2cc(C)c(Br)cc2o1. The fraction of sp³-hybridized carbons (Fsp3) is 0.182. The monoisotopic (exact) mass is 268 g/mol. The second kappa shape index (κ2) is 3.70. The molecule has 0 spiro atoms. The Morgan fingerprint density at radius 2 is 2.13 bits per heavy atom. The number of hydrogen-bond donors (Lipinski definition) is 0. The maximum atomic E-state index is 11.2. The van der Waals surface area contributed by atoms with Crippen molar-refractivity contribution in [1.82, 2.24) is 0 Å². The third-order valence-electron chi connectivity index (χ3n) is 2.18. The number of ether oxygens (including phenoxy) is 1. The van der Waals surface area contributed by atoms with Crippen LogP contribution < -0.4 is 0 Å². The van der Waals surface area contributed by atoms with Crippen molar-refractivity contribution >= 4 is 32.9 Å². The second-order valence-electron chi connectivity index (χ2n) is 3.24. The smallest absolute Gasteiger partial charge is 0.373 e. The van der Waals surface area contributed by atoms with E-state index in [0.29, 0.717) is 5.58 Å². The molecule has 0 atom stereocenters. The van der Waals surface area contributed by atoms with Crippen molar-refractivity contribution in [2.24, 2.45) is 0 Å². The van der Waals surface area contributed by atoms with Crippen molar-refractivity contribution in [2.75, 3.05) is 7.11 Å². The maximum Gasteiger partial charge on any atom is 0.373 e. The highest BCUT2D eigenvalue weighted by atomic mass is 79.9. The topological polar surface area (TPSA) is 39.4 Å². The van der Waals surface area contributed by atoms with Gasteiger partial charge in [-0.05, 0) is 30.7 Å². The van der Waals surface area contributed by atoms with E-state index >= 15 is 0 Å². The molecule has 0 aliphatic rings. The summed E-state index contributed by atoms with van der Waals surface area (Å²) in [6.07, 6.45) is 0. The fourth-order valence-corrected chi connectivity index (χ4v) is 1.70. The number of methoxy groups -OCH3 is 1. The minimum atomic E-state index is -0.458. The van der Waals surface area contributed by atoms with Crippen LogP contribution in [0, 0.1) is 6.92 Å². The largest absolute Gasteiger partial charge is 0.463 e. The van der Waals surface area contributed by atoms with Gasteiger partial charge in [0.15, 0.2) is 0 Å². The first-order chi connectivity index (χ1) is 7.11. The number of furan rings is 1. The summed E-state index contributed by atoms with van der Waals surface area (Å²) in [5, 5.41) is 0.899. The van der Waals surface area contributed by atoms with Crippen LogP contribution in [0.15, 0.2) is 27.1 Å². The molecule has 0 aliphatic heterocycles. The Morgan fingerprint density at radius 3 is 2.80 bits per heavy atom. The summed E-state index contributed by atoms with van der Waals surface area (Å²) in [4.78, 5) is 11.2. The normalized spacial score (nSPS) is 10.6. The molecule has 0 radical (unpaired) electrons. The molecule has 2 rings (SSSR count). The number of benzene rings is 1. The zero-order valence-electron chi connectivity index (χ0n) is 8.33. The molecular formula is C11H9BrO3. The van der Waals surface area contributed by atoms with E-state index in [1.54, 1.807) is 6.07 Å². The minimum absolute atomic E-state index is 0.227. The van der Waals surface area contributed by atoms with Gasteiger partial charge in [-0.25, -0.2) is 4.79 Å². The molecule has 0 amide bonds. The third kappa shape index (κ3) is 1.77. The summed E-state index contributed by atoms with van der Waals surface area (Å²) in [5.74, 6) is -0.232. The lowest BCUT2D eigenvalue weighted by molar-refractivity contribution is 0.0567. The fourth-order valence-electron chi connectivity index (χ4n) is 1.38. The first kappa shape index (κ1) is 10.2. The first-order valence-corrected chi connectivity index (χ1v) is 5.19. The van der Waals surface area contributed by atoms with Crippen LogP contribution in [0.5, 0.6) is 0 Å². The van der Waals surface area contributed by atoms with E-state index < -0.39 is 5.97 Å². The Labute approximate surface area is 95.1 Å². The first-order valence-electron chi connectivity index (χ1n) is 4.40. The Balaban J connectivity index is 2.61. The van der Waals surface area contributed by atoms with Crippen LogP contribution in [0.4, 0.5) is 0 Å². The van der Waals surface area contributed by atoms with E-state index in [1.165, 1.54) is 7.11 Å². The number of hydrogen-bond acceptors (Lipinski definition) is 3. The van der Waals surface area contributed by atoms with Crippen molar-refractivity contribution in [2.45, 2.75) is 6.92 Å². The van der Waals surface area contributed by atoms with Crippen LogP contribution in [0.3, 0.4) is 0 Å². The highest BCUT2D eigenvalue weighted by Gasteiger charge is 2.12. The van der Waals surface area contributed by atoms with Crippen LogP contribution in [0.25, 0.3) is 11.0 Å². The number of carbonyl (C=O) groups is 1. The summed E-state index contributed by atoms with van der Waals surface area (Å²) in [5.41, 5.74) is 1.77. The van der Waals surface area contributed by atoms with Gasteiger partial charge in [0.25, 0.3) is 0 Å². The number of esters is 1. The lowest BCUT2D eigenvalue weighted by atomic mass is 10.2. The number of carbonyl (C=O) groups excluding carboxylic acids is 1. The predicted octanol–water partition coefficient (Wildman–Crippen LogP) is 3.29. The van der Waals surface area contributed by atoms with Crippen molar-refractivity contribution in [1.29, 1.82) is 0 Å². The summed E-state index contributed by atoms with van der Waals surface area (Å²) in [6, 6.07) is 5.48. The molecule has 0 bridgehead atoms. The van der Waals surface area contributed by atoms with Crippen molar-refractivity contribution in [3.63, 3.8) is 0 Å². The van der Waals surface area contributed by atoms with E-state index in [0.717, 1.165) is 15.4 Å². The predicted molar refractivity (Wildman–Crippen MR) is 60.0 cm³/mol. The average molecular weight is 269 g/mol. The van der Waals surface area contributed by atoms with Crippen molar-refractivity contribution in [3.05, 3.63) is 34.0 Å². The number of aryl methyl sites for hydroxylation is 1. The Kier molecular flexibility index (Phi) is 2.52. The highest BCUT2D eigenvalue weighted by molar-refractivity contribution is 9.10. The Hall–Kier alpha value is -1.29. The van der Waals surface area contributed by atoms with E-state index in [1.807, 2.05) is 19.1 Å². The van der Waals surface area contributed by atoms with Crippen LogP contribution >= 0.6 is 15.9 Å². The van der Waals surface area contributed by atoms with Crippen LogP contribution in [0.2, 0.25) is 0 Å². The molecule has 0 aliphatic carbocycles. The Morgan fingerprint density at radius 1 is 1.40 bits per heavy atom. The van der Waals surface area contributed by atoms with Crippen molar-refractivity contribution < 1.29 is 13.9 Å². The van der Waals surface area contributed by atoms with Crippen LogP contribution in [0.1, 0.15) is 16.1 Å². The molecule has 1 aromatic heterocycles. The quantitative estimate of drug-likeness (QED) is 0.746. The standard InChI is InChI=1S/C11H9BrO3/c1-6-3-7-4-10(11(13)14-2)15-9(7)5-8(6)12/h3-5H,1-2H3. The zero-order valence-corrected chi connectivity index (χ0v) is 9.92. The molecule has 0 saturated carbocycles. The molecular weight excluding hydrogens is 260 g/mol. The van der Waals surface area contributed by atoms with Gasteiger partial charge in [0.05, 0.1) is 7.11 Å². The van der Waals surface area contributed by atoms with Crippen molar-refractivity contribution in [3.8, 4) is 0 Å². The lowest BCUT2D eigenvalue weighted by Gasteiger charge is -1.95. The van der Waals surface area contributed by atoms with Gasteiger partial charge in [0.1, 0.15) is 5.58 Å². The minimum Gasteiger partial charge on any atom is -0.463 e. The van der Waals surface area contributed by atoms with E-state index in [-0.39, 0.29) is 5.76 Å². The molecule has 78 valence electrons. The van der Waals surface area contributed by atoms with Crippen LogP contribution in [-0.4, -0.2) is 13.1 Å². The molecule has 4 heteroatoms. The maximum absolute atomic E-state index is 11.2. The van der Waals surface area contributed by atoms with Gasteiger partial charge < -0.3 is 9.15 Å². The summed E-state index contributed by atoms with van der Waals surface area (Å²) >= 11 is 3.40. The second-order valence-corrected chi connectivity index (χ2v) is 4.10. The Bertz CT molecular complexity index is 489. The molecule has 2 aromatic rings. The van der Waals surface area contributed by atoms with Gasteiger partial charge in [0, 0.05) is 9.86 Å². The average Bonchev–Trinajstić information content (AvgIpc) is 2.60. The van der Waals surface area contributed by atoms with Gasteiger partial charge >= 0.3 is 5.97 Å². The van der Waals surface area contributed by atoms with E-state index in [9.17, 15) is 4.79 Å². The molecule has 15 heavy (non-hydrogen) atoms. The van der Waals surface area contributed by atoms with Gasteiger partial charge in [0.2, 0.25) is 5.76 Å². The van der Waals surface area contributed by atoms with E-state index in [2.05, 4.69) is 20.7 Å². The van der Waals surface area contributed by atoms with Gasteiger partial charge in [-0.1, -0.05) is 15.9 Å². The summed E-state index contributed by atoms with van der Waals surface area (Å²) in [6.45, 7) is 1.98. The highest BCUT2D eigenvalue weighted by Crippen LogP contribution is 2.26. The third-order valence-corrected chi connectivity index (χ3v) is 3.04. The summed E-state index contributed by atoms with van der Waals surface area (Å²) in [7, 11) is 1.33. The number of fused-ring (bicyclic) bond motifs is 1. The molecule has 1 aromatic carbocycles. The molecule has 0 fully saturated rings. The van der Waals surface area contributed by atoms with Gasteiger partial charge in [-0.2, -0.15) is 0 Å². The van der Waals surface area contributed by atoms with Crippen LogP contribution in [-0.2, 0) is 4.74 Å². The number of halogens is 1. The lowest BCUT2D eigenvalue weighted by Crippen LogP contribution is -1.97.